The molecule has 6 heteroatoms. The van der Waals surface area contributed by atoms with E-state index in [1.165, 1.54) is 11.8 Å². The summed E-state index contributed by atoms with van der Waals surface area (Å²) in [7, 11) is 0. The Balaban J connectivity index is 1.67. The van der Waals surface area contributed by atoms with E-state index in [0.717, 1.165) is 16.7 Å². The lowest BCUT2D eigenvalue weighted by Gasteiger charge is -2.10. The number of amides is 1. The molecule has 0 atom stereocenters. The third-order valence-corrected chi connectivity index (χ3v) is 5.26. The van der Waals surface area contributed by atoms with Crippen LogP contribution in [0.15, 0.2) is 77.7 Å². The average Bonchev–Trinajstić information content (AvgIpc) is 2.76. The van der Waals surface area contributed by atoms with E-state index in [0.29, 0.717) is 16.0 Å². The summed E-state index contributed by atoms with van der Waals surface area (Å²) in [5, 5.41) is 9.24. The first-order valence-corrected chi connectivity index (χ1v) is 9.82. The summed E-state index contributed by atoms with van der Waals surface area (Å²) in [6.07, 6.45) is 0. The second kappa shape index (κ2) is 9.58. The number of rotatable bonds is 7. The maximum atomic E-state index is 12.5. The van der Waals surface area contributed by atoms with Gasteiger partial charge in [-0.2, -0.15) is 5.26 Å². The highest BCUT2D eigenvalue weighted by molar-refractivity contribution is 8.00. The van der Waals surface area contributed by atoms with Crippen LogP contribution in [0.4, 0.5) is 0 Å². The van der Waals surface area contributed by atoms with Gasteiger partial charge >= 0.3 is 5.97 Å². The number of nitrogens with two attached hydrogens (primary N) is 1. The van der Waals surface area contributed by atoms with Crippen molar-refractivity contribution in [2.24, 2.45) is 5.73 Å². The molecule has 0 unspecified atom stereocenters. The zero-order valence-electron chi connectivity index (χ0n) is 15.5. The number of ether oxygens (including phenoxy) is 1. The molecule has 5 nitrogen and oxygen atoms in total. The van der Waals surface area contributed by atoms with Crippen LogP contribution in [-0.2, 0) is 16.1 Å². The molecule has 29 heavy (non-hydrogen) atoms. The number of hydrogen-bond acceptors (Lipinski definition) is 5. The third kappa shape index (κ3) is 5.24. The number of nitrogens with zero attached hydrogens (tertiary/aromatic N) is 1. The molecular formula is C23H18N2O3S. The lowest BCUT2D eigenvalue weighted by Crippen LogP contribution is -2.13. The van der Waals surface area contributed by atoms with Crippen molar-refractivity contribution >= 4 is 23.6 Å². The monoisotopic (exact) mass is 402 g/mol. The second-order valence-electron chi connectivity index (χ2n) is 6.18. The molecule has 144 valence electrons. The number of nitriles is 1. The topological polar surface area (TPSA) is 93.2 Å². The summed E-state index contributed by atoms with van der Waals surface area (Å²) in [5.41, 5.74) is 8.80. The molecule has 0 aromatic heterocycles. The summed E-state index contributed by atoms with van der Waals surface area (Å²) >= 11 is 1.21. The summed E-state index contributed by atoms with van der Waals surface area (Å²) in [5.74, 6) is -0.816. The van der Waals surface area contributed by atoms with E-state index in [9.17, 15) is 14.9 Å². The van der Waals surface area contributed by atoms with Crippen LogP contribution in [-0.4, -0.2) is 17.6 Å². The van der Waals surface area contributed by atoms with Gasteiger partial charge < -0.3 is 10.5 Å². The van der Waals surface area contributed by atoms with Crippen molar-refractivity contribution in [3.05, 3.63) is 89.5 Å². The minimum absolute atomic E-state index is 0.0932. The molecule has 3 rings (SSSR count). The van der Waals surface area contributed by atoms with Gasteiger partial charge in [0.25, 0.3) is 0 Å². The Morgan fingerprint density at radius 2 is 1.66 bits per heavy atom. The second-order valence-corrected chi connectivity index (χ2v) is 7.20. The number of carbonyl (C=O) groups is 2. The van der Waals surface area contributed by atoms with Crippen molar-refractivity contribution in [3.8, 4) is 17.2 Å². The quantitative estimate of drug-likeness (QED) is 0.473. The van der Waals surface area contributed by atoms with E-state index >= 15 is 0 Å². The Bertz CT molecular complexity index is 1070. The van der Waals surface area contributed by atoms with Crippen molar-refractivity contribution in [1.29, 1.82) is 5.26 Å². The minimum Gasteiger partial charge on any atom is -0.457 e. The maximum absolute atomic E-state index is 12.5. The molecule has 0 saturated carbocycles. The standard InChI is InChI=1S/C23H18N2O3S/c24-13-18-5-1-2-6-19(18)17-11-9-16(10-12-17)14-28-23(27)20-7-3-4-8-21(20)29-15-22(25)26/h1-12H,14-15H2,(H2,25,26). The Morgan fingerprint density at radius 1 is 0.966 bits per heavy atom. The predicted molar refractivity (Wildman–Crippen MR) is 112 cm³/mol. The fourth-order valence-corrected chi connectivity index (χ4v) is 3.53. The van der Waals surface area contributed by atoms with E-state index in [1.807, 2.05) is 42.5 Å². The van der Waals surface area contributed by atoms with Gasteiger partial charge in [0.15, 0.2) is 0 Å². The lowest BCUT2D eigenvalue weighted by molar-refractivity contribution is -0.115. The summed E-state index contributed by atoms with van der Waals surface area (Å²) in [6.45, 7) is 0.119. The number of hydrogen-bond donors (Lipinski definition) is 1. The van der Waals surface area contributed by atoms with Gasteiger partial charge in [-0.25, -0.2) is 4.79 Å². The van der Waals surface area contributed by atoms with Crippen LogP contribution in [0.3, 0.4) is 0 Å². The molecule has 0 aliphatic rings. The SMILES string of the molecule is N#Cc1ccccc1-c1ccc(COC(=O)c2ccccc2SCC(N)=O)cc1. The molecule has 0 aliphatic heterocycles. The highest BCUT2D eigenvalue weighted by atomic mass is 32.2. The largest absolute Gasteiger partial charge is 0.457 e. The maximum Gasteiger partial charge on any atom is 0.339 e. The first-order chi connectivity index (χ1) is 14.1. The van der Waals surface area contributed by atoms with Gasteiger partial charge in [-0.1, -0.05) is 54.6 Å². The normalized spacial score (nSPS) is 10.2. The molecule has 0 aliphatic carbocycles. The molecule has 0 spiro atoms. The molecular weight excluding hydrogens is 384 g/mol. The van der Waals surface area contributed by atoms with Crippen molar-refractivity contribution < 1.29 is 14.3 Å². The predicted octanol–water partition coefficient (Wildman–Crippen LogP) is 4.16. The van der Waals surface area contributed by atoms with Crippen molar-refractivity contribution in [3.63, 3.8) is 0 Å². The fourth-order valence-electron chi connectivity index (χ4n) is 2.75. The van der Waals surface area contributed by atoms with Crippen molar-refractivity contribution in [1.82, 2.24) is 0 Å². The smallest absolute Gasteiger partial charge is 0.339 e. The minimum atomic E-state index is -0.462. The van der Waals surface area contributed by atoms with E-state index in [1.54, 1.807) is 30.3 Å². The Hall–Kier alpha value is -3.56. The lowest BCUT2D eigenvalue weighted by atomic mass is 9.99. The average molecular weight is 402 g/mol. The summed E-state index contributed by atoms with van der Waals surface area (Å²) in [6, 6.07) is 24.1. The van der Waals surface area contributed by atoms with Gasteiger partial charge in [0.1, 0.15) is 6.61 Å². The number of esters is 1. The zero-order valence-corrected chi connectivity index (χ0v) is 16.3. The Kier molecular flexibility index (Phi) is 6.67. The first-order valence-electron chi connectivity index (χ1n) is 8.84. The van der Waals surface area contributed by atoms with E-state index in [4.69, 9.17) is 10.5 Å². The molecule has 0 heterocycles. The van der Waals surface area contributed by atoms with E-state index in [-0.39, 0.29) is 12.4 Å². The van der Waals surface area contributed by atoms with Gasteiger partial charge in [-0.15, -0.1) is 11.8 Å². The Labute approximate surface area is 173 Å². The van der Waals surface area contributed by atoms with E-state index < -0.39 is 11.9 Å². The van der Waals surface area contributed by atoms with E-state index in [2.05, 4.69) is 6.07 Å². The van der Waals surface area contributed by atoms with Gasteiger partial charge in [0, 0.05) is 4.90 Å². The molecule has 0 bridgehead atoms. The summed E-state index contributed by atoms with van der Waals surface area (Å²) in [4.78, 5) is 24.1. The van der Waals surface area contributed by atoms with Crippen molar-refractivity contribution in [2.45, 2.75) is 11.5 Å². The number of carbonyl (C=O) groups excluding carboxylic acids is 2. The molecule has 0 saturated heterocycles. The molecule has 0 fully saturated rings. The molecule has 3 aromatic carbocycles. The van der Waals surface area contributed by atoms with Gasteiger partial charge in [0.2, 0.25) is 5.91 Å². The van der Waals surface area contributed by atoms with Crippen LogP contribution in [0.25, 0.3) is 11.1 Å². The van der Waals surface area contributed by atoms with Crippen LogP contribution in [0.2, 0.25) is 0 Å². The van der Waals surface area contributed by atoms with Crippen LogP contribution >= 0.6 is 11.8 Å². The molecule has 2 N–H and O–H groups in total. The van der Waals surface area contributed by atoms with Gasteiger partial charge in [-0.05, 0) is 34.9 Å². The molecule has 0 radical (unpaired) electrons. The van der Waals surface area contributed by atoms with Crippen LogP contribution < -0.4 is 5.73 Å². The fraction of sp³-hybridized carbons (Fsp3) is 0.0870. The van der Waals surface area contributed by atoms with Crippen LogP contribution in [0, 0.1) is 11.3 Å². The highest BCUT2D eigenvalue weighted by Crippen LogP contribution is 2.25. The zero-order chi connectivity index (χ0) is 20.6. The van der Waals surface area contributed by atoms with Gasteiger partial charge in [0.05, 0.1) is 22.9 Å². The summed E-state index contributed by atoms with van der Waals surface area (Å²) < 4.78 is 5.43. The number of thioether (sulfide) groups is 1. The number of primary amides is 1. The first kappa shape index (κ1) is 20.2. The Morgan fingerprint density at radius 3 is 2.38 bits per heavy atom. The van der Waals surface area contributed by atoms with Crippen LogP contribution in [0.5, 0.6) is 0 Å². The highest BCUT2D eigenvalue weighted by Gasteiger charge is 2.14. The molecule has 3 aromatic rings. The van der Waals surface area contributed by atoms with Crippen LogP contribution in [0.1, 0.15) is 21.5 Å². The van der Waals surface area contributed by atoms with Crippen molar-refractivity contribution in [2.75, 3.05) is 5.75 Å². The molecule has 1 amide bonds. The third-order valence-electron chi connectivity index (χ3n) is 4.16. The van der Waals surface area contributed by atoms with Gasteiger partial charge in [-0.3, -0.25) is 4.79 Å². The number of benzene rings is 3.